The Hall–Kier alpha value is -1.67. The molecule has 0 saturated carbocycles. The van der Waals surface area contributed by atoms with Crippen molar-refractivity contribution in [3.8, 4) is 5.75 Å². The van der Waals surface area contributed by atoms with E-state index in [1.54, 1.807) is 21.3 Å². The monoisotopic (exact) mass is 454 g/mol. The molecule has 7 nitrogen and oxygen atoms in total. The molecule has 1 rings (SSSR count). The number of hydrogen-bond acceptors (Lipinski definition) is 7. The molecule has 0 heterocycles. The number of carbonyl (C=O) groups is 1. The average Bonchev–Trinajstić information content (AvgIpc) is 2.81. The highest BCUT2D eigenvalue weighted by Crippen LogP contribution is 2.33. The van der Waals surface area contributed by atoms with Crippen molar-refractivity contribution >= 4 is 5.97 Å². The molecule has 0 spiro atoms. The van der Waals surface area contributed by atoms with Crippen LogP contribution in [-0.2, 0) is 18.9 Å². The second kappa shape index (κ2) is 16.0. The van der Waals surface area contributed by atoms with Crippen LogP contribution < -0.4 is 0 Å². The Morgan fingerprint density at radius 2 is 1.44 bits per heavy atom. The number of phenolic OH excluding ortho intramolecular Hbond substituents is 1. The van der Waals surface area contributed by atoms with Gasteiger partial charge in [0.05, 0.1) is 11.7 Å². The Balaban J connectivity index is 2.47. The minimum Gasteiger partial charge on any atom is -0.508 e. The van der Waals surface area contributed by atoms with Gasteiger partial charge in [-0.2, -0.15) is 0 Å². The highest BCUT2D eigenvalue weighted by atomic mass is 16.9. The second-order valence-corrected chi connectivity index (χ2v) is 8.20. The standard InChI is InChI=1S/C25H42O7/c1-5-6-7-8-9-10-12-21(25(29-2,30-3)31-4)13-11-14-23(27)19-32-24(28)20-15-17-22(26)18-16-20/h15-18,21,23,26-27H,5-14,19H2,1-4H3. The average molecular weight is 455 g/mol. The first-order valence-electron chi connectivity index (χ1n) is 11.7. The van der Waals surface area contributed by atoms with E-state index in [9.17, 15) is 15.0 Å². The van der Waals surface area contributed by atoms with Gasteiger partial charge in [-0.25, -0.2) is 4.79 Å². The van der Waals surface area contributed by atoms with Crippen molar-refractivity contribution in [2.45, 2.75) is 83.2 Å². The summed E-state index contributed by atoms with van der Waals surface area (Å²) in [4.78, 5) is 12.0. The number of phenols is 1. The van der Waals surface area contributed by atoms with E-state index in [2.05, 4.69) is 6.92 Å². The maximum atomic E-state index is 12.0. The Labute approximate surface area is 193 Å². The molecule has 0 aromatic heterocycles. The van der Waals surface area contributed by atoms with Gasteiger partial charge in [0.1, 0.15) is 12.4 Å². The van der Waals surface area contributed by atoms with Gasteiger partial charge in [-0.1, -0.05) is 51.9 Å². The topological polar surface area (TPSA) is 94.5 Å². The molecule has 0 aliphatic carbocycles. The molecule has 0 aliphatic rings. The number of hydrogen-bond donors (Lipinski definition) is 2. The lowest BCUT2D eigenvalue weighted by molar-refractivity contribution is -0.380. The van der Waals surface area contributed by atoms with Crippen LogP contribution in [-0.4, -0.2) is 56.2 Å². The van der Waals surface area contributed by atoms with Crippen molar-refractivity contribution in [2.75, 3.05) is 27.9 Å². The summed E-state index contributed by atoms with van der Waals surface area (Å²) >= 11 is 0. The molecule has 0 saturated heterocycles. The van der Waals surface area contributed by atoms with Crippen LogP contribution in [0.3, 0.4) is 0 Å². The van der Waals surface area contributed by atoms with E-state index in [-0.39, 0.29) is 18.3 Å². The van der Waals surface area contributed by atoms with E-state index >= 15 is 0 Å². The zero-order valence-electron chi connectivity index (χ0n) is 20.2. The lowest BCUT2D eigenvalue weighted by atomic mass is 9.91. The number of methoxy groups -OCH3 is 3. The van der Waals surface area contributed by atoms with E-state index in [4.69, 9.17) is 18.9 Å². The molecule has 32 heavy (non-hydrogen) atoms. The van der Waals surface area contributed by atoms with Gasteiger partial charge in [-0.15, -0.1) is 0 Å². The first-order valence-corrected chi connectivity index (χ1v) is 11.7. The minimum absolute atomic E-state index is 0.0282. The third-order valence-corrected chi connectivity index (χ3v) is 5.86. The van der Waals surface area contributed by atoms with Gasteiger partial charge in [-0.05, 0) is 43.5 Å². The van der Waals surface area contributed by atoms with Crippen LogP contribution in [0, 0.1) is 5.92 Å². The first kappa shape index (κ1) is 28.4. The number of carbonyl (C=O) groups excluding carboxylic acids is 1. The predicted octanol–water partition coefficient (Wildman–Crippen LogP) is 5.04. The molecule has 0 amide bonds. The van der Waals surface area contributed by atoms with Crippen LogP contribution in [0.5, 0.6) is 5.75 Å². The molecule has 2 atom stereocenters. The summed E-state index contributed by atoms with van der Waals surface area (Å²) in [5.74, 6) is -1.52. The summed E-state index contributed by atoms with van der Waals surface area (Å²) in [6.07, 6.45) is 9.35. The summed E-state index contributed by atoms with van der Waals surface area (Å²) in [6, 6.07) is 5.81. The fraction of sp³-hybridized carbons (Fsp3) is 0.720. The van der Waals surface area contributed by atoms with Gasteiger partial charge in [0.2, 0.25) is 0 Å². The number of aliphatic hydroxyl groups is 1. The zero-order chi connectivity index (χ0) is 23.8. The van der Waals surface area contributed by atoms with Crippen molar-refractivity contribution in [2.24, 2.45) is 5.92 Å². The lowest BCUT2D eigenvalue weighted by Crippen LogP contribution is -2.44. The molecular weight excluding hydrogens is 412 g/mol. The number of aliphatic hydroxyl groups excluding tert-OH is 1. The predicted molar refractivity (Wildman–Crippen MR) is 123 cm³/mol. The summed E-state index contributed by atoms with van der Waals surface area (Å²) in [7, 11) is 4.75. The Morgan fingerprint density at radius 3 is 2.03 bits per heavy atom. The summed E-state index contributed by atoms with van der Waals surface area (Å²) < 4.78 is 22.0. The normalized spacial score (nSPS) is 13.7. The fourth-order valence-electron chi connectivity index (χ4n) is 3.95. The van der Waals surface area contributed by atoms with Gasteiger partial charge >= 0.3 is 5.97 Å². The van der Waals surface area contributed by atoms with E-state index in [1.165, 1.54) is 56.4 Å². The van der Waals surface area contributed by atoms with E-state index in [0.29, 0.717) is 12.0 Å². The van der Waals surface area contributed by atoms with Crippen molar-refractivity contribution in [1.82, 2.24) is 0 Å². The lowest BCUT2D eigenvalue weighted by Gasteiger charge is -2.36. The number of ether oxygens (including phenoxy) is 4. The van der Waals surface area contributed by atoms with Crippen molar-refractivity contribution in [3.05, 3.63) is 29.8 Å². The van der Waals surface area contributed by atoms with Crippen molar-refractivity contribution in [1.29, 1.82) is 0 Å². The van der Waals surface area contributed by atoms with Crippen LogP contribution in [0.2, 0.25) is 0 Å². The quantitative estimate of drug-likeness (QED) is 0.182. The largest absolute Gasteiger partial charge is 0.508 e. The highest BCUT2D eigenvalue weighted by molar-refractivity contribution is 5.89. The van der Waals surface area contributed by atoms with Crippen LogP contribution in [0.15, 0.2) is 24.3 Å². The van der Waals surface area contributed by atoms with Gasteiger partial charge in [-0.3, -0.25) is 0 Å². The van der Waals surface area contributed by atoms with Crippen LogP contribution >= 0.6 is 0 Å². The van der Waals surface area contributed by atoms with E-state index in [1.807, 2.05) is 0 Å². The molecule has 184 valence electrons. The number of benzene rings is 1. The number of esters is 1. The van der Waals surface area contributed by atoms with Gasteiger partial charge in [0, 0.05) is 27.2 Å². The molecule has 0 radical (unpaired) electrons. The number of aromatic hydroxyl groups is 1. The zero-order valence-corrected chi connectivity index (χ0v) is 20.2. The second-order valence-electron chi connectivity index (χ2n) is 8.20. The molecule has 0 aliphatic heterocycles. The molecule has 1 aromatic carbocycles. The Morgan fingerprint density at radius 1 is 0.875 bits per heavy atom. The molecule has 1 aromatic rings. The molecule has 0 fully saturated rings. The molecule has 7 heteroatoms. The van der Waals surface area contributed by atoms with Gasteiger partial charge in [0.25, 0.3) is 5.97 Å². The van der Waals surface area contributed by atoms with Gasteiger partial charge in [0.15, 0.2) is 0 Å². The van der Waals surface area contributed by atoms with Crippen molar-refractivity contribution < 1.29 is 34.0 Å². The maximum Gasteiger partial charge on any atom is 0.338 e. The van der Waals surface area contributed by atoms with Crippen molar-refractivity contribution in [3.63, 3.8) is 0 Å². The molecule has 0 bridgehead atoms. The summed E-state index contributed by atoms with van der Waals surface area (Å²) in [5, 5.41) is 19.6. The molecule has 2 N–H and O–H groups in total. The van der Waals surface area contributed by atoms with Crippen LogP contribution in [0.4, 0.5) is 0 Å². The molecular formula is C25H42O7. The smallest absolute Gasteiger partial charge is 0.338 e. The first-order chi connectivity index (χ1) is 15.4. The minimum atomic E-state index is -1.10. The third kappa shape index (κ3) is 9.86. The Kier molecular flexibility index (Phi) is 14.2. The number of unbranched alkanes of at least 4 members (excludes halogenated alkanes) is 5. The molecule has 2 unspecified atom stereocenters. The fourth-order valence-corrected chi connectivity index (χ4v) is 3.95. The van der Waals surface area contributed by atoms with Gasteiger partial charge < -0.3 is 29.2 Å². The Bertz CT molecular complexity index is 605. The SMILES string of the molecule is CCCCCCCCC(CCCC(O)COC(=O)c1ccc(O)cc1)C(OC)(OC)OC. The summed E-state index contributed by atoms with van der Waals surface area (Å²) in [6.45, 7) is 2.13. The maximum absolute atomic E-state index is 12.0. The van der Waals surface area contributed by atoms with Crippen LogP contribution in [0.1, 0.15) is 81.5 Å². The van der Waals surface area contributed by atoms with E-state index in [0.717, 1.165) is 25.7 Å². The highest BCUT2D eigenvalue weighted by Gasteiger charge is 2.39. The van der Waals surface area contributed by atoms with E-state index < -0.39 is 18.0 Å². The summed E-state index contributed by atoms with van der Waals surface area (Å²) in [5.41, 5.74) is 0.332. The van der Waals surface area contributed by atoms with Crippen LogP contribution in [0.25, 0.3) is 0 Å². The number of rotatable bonds is 18. The third-order valence-electron chi connectivity index (χ3n) is 5.86.